The van der Waals surface area contributed by atoms with Crippen molar-refractivity contribution in [2.24, 2.45) is 0 Å². The number of nitrogens with zero attached hydrogens (tertiary/aromatic N) is 2. The van der Waals surface area contributed by atoms with E-state index in [0.717, 1.165) is 4.90 Å². The van der Waals surface area contributed by atoms with Gasteiger partial charge in [-0.1, -0.05) is 0 Å². The van der Waals surface area contributed by atoms with Crippen LogP contribution in [0.1, 0.15) is 18.1 Å². The first-order valence-electron chi connectivity index (χ1n) is 11.5. The second kappa shape index (κ2) is 11.2. The number of nitrogens with one attached hydrogen (secondary N) is 1. The molecule has 0 saturated carbocycles. The molecule has 0 spiro atoms. The Morgan fingerprint density at radius 1 is 0.947 bits per heavy atom. The van der Waals surface area contributed by atoms with Gasteiger partial charge in [-0.15, -0.1) is 0 Å². The third-order valence-corrected chi connectivity index (χ3v) is 5.57. The number of amides is 4. The summed E-state index contributed by atoms with van der Waals surface area (Å²) >= 11 is 0. The summed E-state index contributed by atoms with van der Waals surface area (Å²) in [6.07, 6.45) is 1.33. The molecule has 0 bridgehead atoms. The molecule has 1 N–H and O–H groups in total. The maximum absolute atomic E-state index is 13.3. The molecule has 3 aromatic rings. The Balaban J connectivity index is 1.63. The van der Waals surface area contributed by atoms with Crippen molar-refractivity contribution >= 4 is 35.3 Å². The Hall–Kier alpha value is -5.19. The summed E-state index contributed by atoms with van der Waals surface area (Å²) in [6, 6.07) is 16.1. The number of ether oxygens (including phenoxy) is 3. The quantitative estimate of drug-likeness (QED) is 0.192. The van der Waals surface area contributed by atoms with Crippen LogP contribution < -0.4 is 24.4 Å². The first-order chi connectivity index (χ1) is 18.3. The molecule has 11 nitrogen and oxygen atoms in total. The molecular weight excluding hydrogens is 494 g/mol. The highest BCUT2D eigenvalue weighted by Crippen LogP contribution is 2.30. The number of benzene rings is 3. The maximum Gasteiger partial charge on any atom is 0.335 e. The first-order valence-corrected chi connectivity index (χ1v) is 11.5. The summed E-state index contributed by atoms with van der Waals surface area (Å²) in [6.45, 7) is 2.35. The molecule has 1 aliphatic heterocycles. The third kappa shape index (κ3) is 5.62. The predicted octanol–water partition coefficient (Wildman–Crippen LogP) is 4.25. The van der Waals surface area contributed by atoms with Crippen LogP contribution in [0, 0.1) is 10.1 Å². The first kappa shape index (κ1) is 25.9. The number of carbonyl (C=O) groups excluding carboxylic acids is 3. The molecule has 1 saturated heterocycles. The zero-order valence-electron chi connectivity index (χ0n) is 20.5. The van der Waals surface area contributed by atoms with Crippen molar-refractivity contribution < 1.29 is 33.5 Å². The standard InChI is InChI=1S/C27H23N3O8/c1-3-37-21-12-9-19(10-13-21)29-26(32)23(25(31)28-27(29)33)14-18-6-11-22(36-2)15-24(18)38-16-17-4-7-20(8-5-17)30(34)35/h4-15H,3,16H2,1-2H3,(H,28,31,33)/b23-14+. The summed E-state index contributed by atoms with van der Waals surface area (Å²) in [5, 5.41) is 13.1. The summed E-state index contributed by atoms with van der Waals surface area (Å²) in [4.78, 5) is 49.7. The molecule has 1 aliphatic rings. The number of nitro groups is 1. The average molecular weight is 517 g/mol. The van der Waals surface area contributed by atoms with Crippen LogP contribution in [0.5, 0.6) is 17.2 Å². The summed E-state index contributed by atoms with van der Waals surface area (Å²) in [5.74, 6) is -0.322. The number of barbiturate groups is 1. The van der Waals surface area contributed by atoms with Gasteiger partial charge in [-0.3, -0.25) is 25.0 Å². The Morgan fingerprint density at radius 2 is 1.63 bits per heavy atom. The largest absolute Gasteiger partial charge is 0.497 e. The molecule has 11 heteroatoms. The summed E-state index contributed by atoms with van der Waals surface area (Å²) in [5.41, 5.74) is 0.986. The van der Waals surface area contributed by atoms with Crippen LogP contribution in [0.25, 0.3) is 6.08 Å². The smallest absolute Gasteiger partial charge is 0.335 e. The van der Waals surface area contributed by atoms with Gasteiger partial charge in [0.1, 0.15) is 29.4 Å². The Kier molecular flexibility index (Phi) is 7.66. The van der Waals surface area contributed by atoms with Crippen molar-refractivity contribution in [2.45, 2.75) is 13.5 Å². The van der Waals surface area contributed by atoms with E-state index in [4.69, 9.17) is 14.2 Å². The van der Waals surface area contributed by atoms with Gasteiger partial charge in [0.05, 0.1) is 24.3 Å². The van der Waals surface area contributed by atoms with Crippen LogP contribution >= 0.6 is 0 Å². The van der Waals surface area contributed by atoms with Crippen molar-refractivity contribution in [1.29, 1.82) is 0 Å². The van der Waals surface area contributed by atoms with E-state index < -0.39 is 22.8 Å². The van der Waals surface area contributed by atoms with Gasteiger partial charge in [-0.2, -0.15) is 0 Å². The van der Waals surface area contributed by atoms with Gasteiger partial charge >= 0.3 is 6.03 Å². The van der Waals surface area contributed by atoms with E-state index in [-0.39, 0.29) is 23.6 Å². The lowest BCUT2D eigenvalue weighted by Gasteiger charge is -2.26. The summed E-state index contributed by atoms with van der Waals surface area (Å²) < 4.78 is 16.6. The molecule has 194 valence electrons. The lowest BCUT2D eigenvalue weighted by atomic mass is 10.1. The molecule has 4 rings (SSSR count). The number of methoxy groups -OCH3 is 1. The van der Waals surface area contributed by atoms with Crippen LogP contribution in [0.3, 0.4) is 0 Å². The molecule has 1 heterocycles. The van der Waals surface area contributed by atoms with E-state index >= 15 is 0 Å². The number of anilines is 1. The van der Waals surface area contributed by atoms with Gasteiger partial charge < -0.3 is 14.2 Å². The molecule has 38 heavy (non-hydrogen) atoms. The lowest BCUT2D eigenvalue weighted by Crippen LogP contribution is -2.54. The van der Waals surface area contributed by atoms with E-state index in [1.165, 1.54) is 25.3 Å². The van der Waals surface area contributed by atoms with Crippen LogP contribution in [-0.4, -0.2) is 36.5 Å². The van der Waals surface area contributed by atoms with E-state index in [1.54, 1.807) is 54.6 Å². The molecule has 4 amide bonds. The van der Waals surface area contributed by atoms with Crippen molar-refractivity contribution in [1.82, 2.24) is 5.32 Å². The number of nitro benzene ring substituents is 1. The Bertz CT molecular complexity index is 1420. The number of carbonyl (C=O) groups is 3. The second-order valence-corrected chi connectivity index (χ2v) is 8.00. The maximum atomic E-state index is 13.3. The Labute approximate surface area is 217 Å². The fourth-order valence-electron chi connectivity index (χ4n) is 3.67. The molecule has 0 unspecified atom stereocenters. The van der Waals surface area contributed by atoms with Gasteiger partial charge in [0.25, 0.3) is 17.5 Å². The van der Waals surface area contributed by atoms with Crippen molar-refractivity contribution in [3.63, 3.8) is 0 Å². The van der Waals surface area contributed by atoms with Crippen LogP contribution in [0.4, 0.5) is 16.2 Å². The van der Waals surface area contributed by atoms with E-state index in [9.17, 15) is 24.5 Å². The fourth-order valence-corrected chi connectivity index (χ4v) is 3.67. The van der Waals surface area contributed by atoms with E-state index in [2.05, 4.69) is 5.32 Å². The Morgan fingerprint density at radius 3 is 2.26 bits per heavy atom. The molecule has 0 radical (unpaired) electrons. The van der Waals surface area contributed by atoms with Crippen molar-refractivity contribution in [3.05, 3.63) is 93.5 Å². The number of non-ortho nitro benzene ring substituents is 1. The average Bonchev–Trinajstić information content (AvgIpc) is 2.91. The zero-order chi connectivity index (χ0) is 27.2. The molecule has 0 atom stereocenters. The van der Waals surface area contributed by atoms with Crippen molar-refractivity contribution in [3.8, 4) is 17.2 Å². The molecule has 0 aromatic heterocycles. The minimum atomic E-state index is -0.870. The number of hydrogen-bond donors (Lipinski definition) is 1. The molecule has 1 fully saturated rings. The number of rotatable bonds is 9. The van der Waals surface area contributed by atoms with Crippen molar-refractivity contribution in [2.75, 3.05) is 18.6 Å². The number of hydrogen-bond acceptors (Lipinski definition) is 8. The monoisotopic (exact) mass is 517 g/mol. The zero-order valence-corrected chi connectivity index (χ0v) is 20.5. The highest BCUT2D eigenvalue weighted by atomic mass is 16.6. The highest BCUT2D eigenvalue weighted by Gasteiger charge is 2.37. The molecule has 0 aliphatic carbocycles. The van der Waals surface area contributed by atoms with Gasteiger partial charge in [0.2, 0.25) is 0 Å². The van der Waals surface area contributed by atoms with Crippen LogP contribution in [0.15, 0.2) is 72.3 Å². The van der Waals surface area contributed by atoms with E-state index in [1.807, 2.05) is 6.92 Å². The van der Waals surface area contributed by atoms with Crippen LogP contribution in [0.2, 0.25) is 0 Å². The van der Waals surface area contributed by atoms with E-state index in [0.29, 0.717) is 35.0 Å². The van der Waals surface area contributed by atoms with Gasteiger partial charge in [0.15, 0.2) is 0 Å². The van der Waals surface area contributed by atoms with Gasteiger partial charge in [0, 0.05) is 23.8 Å². The molecule has 3 aromatic carbocycles. The lowest BCUT2D eigenvalue weighted by molar-refractivity contribution is -0.384. The fraction of sp³-hybridized carbons (Fsp3) is 0.148. The SMILES string of the molecule is CCOc1ccc(N2C(=O)NC(=O)/C(=C\c3ccc(OC)cc3OCc3ccc([N+](=O)[O-])cc3)C2=O)cc1. The minimum absolute atomic E-state index is 0.0472. The summed E-state index contributed by atoms with van der Waals surface area (Å²) in [7, 11) is 1.48. The van der Waals surface area contributed by atoms with Crippen LogP contribution in [-0.2, 0) is 16.2 Å². The predicted molar refractivity (Wildman–Crippen MR) is 137 cm³/mol. The number of urea groups is 1. The highest BCUT2D eigenvalue weighted by molar-refractivity contribution is 6.39. The third-order valence-electron chi connectivity index (χ3n) is 5.57. The molecular formula is C27H23N3O8. The van der Waals surface area contributed by atoms with Gasteiger partial charge in [-0.05, 0) is 67.1 Å². The van der Waals surface area contributed by atoms with Gasteiger partial charge in [-0.25, -0.2) is 9.69 Å². The minimum Gasteiger partial charge on any atom is -0.497 e. The normalized spacial score (nSPS) is 14.3. The number of imide groups is 2. The second-order valence-electron chi connectivity index (χ2n) is 8.00. The topological polar surface area (TPSA) is 137 Å².